The lowest BCUT2D eigenvalue weighted by Crippen LogP contribution is -1.93. The van der Waals surface area contributed by atoms with E-state index in [1.807, 2.05) is 5.38 Å². The molecule has 8 nitrogen and oxygen atoms in total. The van der Waals surface area contributed by atoms with Crippen molar-refractivity contribution in [2.75, 3.05) is 0 Å². The molecule has 92 valence electrons. The van der Waals surface area contributed by atoms with Crippen molar-refractivity contribution < 1.29 is 0 Å². The number of fused-ring (bicyclic) bond motifs is 1. The minimum atomic E-state index is 0.564. The summed E-state index contributed by atoms with van der Waals surface area (Å²) in [5.41, 5.74) is 1.37. The number of nitrogens with zero attached hydrogens (tertiary/aromatic N) is 8. The first kappa shape index (κ1) is 10.6. The molecule has 0 N–H and O–H groups in total. The summed E-state index contributed by atoms with van der Waals surface area (Å²) >= 11 is 2.69. The van der Waals surface area contributed by atoms with Crippen molar-refractivity contribution in [2.24, 2.45) is 0 Å². The van der Waals surface area contributed by atoms with E-state index in [-0.39, 0.29) is 0 Å². The maximum absolute atomic E-state index is 4.44. The lowest BCUT2D eigenvalue weighted by molar-refractivity contribution is 0.953. The van der Waals surface area contributed by atoms with Gasteiger partial charge < -0.3 is 0 Å². The van der Waals surface area contributed by atoms with Crippen molar-refractivity contribution in [2.45, 2.75) is 0 Å². The second kappa shape index (κ2) is 4.10. The van der Waals surface area contributed by atoms with Crippen molar-refractivity contribution in [3.05, 3.63) is 24.0 Å². The van der Waals surface area contributed by atoms with E-state index in [1.165, 1.54) is 22.9 Å². The van der Waals surface area contributed by atoms with Crippen molar-refractivity contribution in [3.63, 3.8) is 0 Å². The van der Waals surface area contributed by atoms with Crippen LogP contribution in [-0.2, 0) is 0 Å². The summed E-state index contributed by atoms with van der Waals surface area (Å²) in [5, 5.41) is 19.2. The fourth-order valence-electron chi connectivity index (χ4n) is 1.55. The van der Waals surface area contributed by atoms with Crippen LogP contribution < -0.4 is 0 Å². The molecule has 0 aliphatic rings. The van der Waals surface area contributed by atoms with E-state index in [0.29, 0.717) is 16.5 Å². The molecule has 0 spiro atoms. The lowest BCUT2D eigenvalue weighted by Gasteiger charge is -1.93. The molecule has 0 aliphatic carbocycles. The molecule has 4 aromatic rings. The Kier molecular flexibility index (Phi) is 2.28. The zero-order valence-electron chi connectivity index (χ0n) is 9.20. The Morgan fingerprint density at radius 3 is 2.84 bits per heavy atom. The fourth-order valence-corrected chi connectivity index (χ4v) is 2.86. The van der Waals surface area contributed by atoms with E-state index >= 15 is 0 Å². The lowest BCUT2D eigenvalue weighted by atomic mass is 10.4. The highest BCUT2D eigenvalue weighted by atomic mass is 32.1. The third-order valence-corrected chi connectivity index (χ3v) is 3.79. The van der Waals surface area contributed by atoms with E-state index in [4.69, 9.17) is 0 Å². The summed E-state index contributed by atoms with van der Waals surface area (Å²) in [6, 6.07) is 0. The van der Waals surface area contributed by atoms with Gasteiger partial charge in [-0.3, -0.25) is 4.98 Å². The summed E-state index contributed by atoms with van der Waals surface area (Å²) in [6.07, 6.45) is 4.84. The van der Waals surface area contributed by atoms with E-state index in [0.717, 1.165) is 10.7 Å². The Labute approximate surface area is 114 Å². The molecule has 0 unspecified atom stereocenters. The predicted octanol–water partition coefficient (Wildman–Crippen LogP) is 1.16. The second-order valence-electron chi connectivity index (χ2n) is 3.51. The summed E-state index contributed by atoms with van der Waals surface area (Å²) < 4.78 is 5.47. The Morgan fingerprint density at radius 2 is 2.05 bits per heavy atom. The van der Waals surface area contributed by atoms with Crippen LogP contribution in [0.25, 0.3) is 27.2 Å². The van der Waals surface area contributed by atoms with Crippen LogP contribution in [-0.4, -0.2) is 39.4 Å². The predicted molar refractivity (Wildman–Crippen MR) is 68.6 cm³/mol. The average Bonchev–Trinajstić information content (AvgIpc) is 3.15. The molecule has 19 heavy (non-hydrogen) atoms. The molecule has 0 saturated heterocycles. The van der Waals surface area contributed by atoms with Gasteiger partial charge in [0.1, 0.15) is 11.4 Å². The Bertz CT molecular complexity index is 819. The van der Waals surface area contributed by atoms with Crippen LogP contribution in [0, 0.1) is 0 Å². The molecular formula is C9H4N8S2. The Balaban J connectivity index is 1.90. The fraction of sp³-hybridized carbons (Fsp3) is 0. The Hall–Kier alpha value is -2.33. The monoisotopic (exact) mass is 288 g/mol. The van der Waals surface area contributed by atoms with E-state index in [9.17, 15) is 0 Å². The van der Waals surface area contributed by atoms with Crippen LogP contribution in [0.5, 0.6) is 0 Å². The highest BCUT2D eigenvalue weighted by Gasteiger charge is 2.16. The third kappa shape index (κ3) is 1.69. The van der Waals surface area contributed by atoms with E-state index in [2.05, 4.69) is 34.9 Å². The second-order valence-corrected chi connectivity index (χ2v) is 5.07. The summed E-state index contributed by atoms with van der Waals surface area (Å²) in [7, 11) is 0. The average molecular weight is 288 g/mol. The zero-order valence-corrected chi connectivity index (χ0v) is 10.8. The van der Waals surface area contributed by atoms with Crippen molar-refractivity contribution in [1.82, 2.24) is 39.4 Å². The van der Waals surface area contributed by atoms with Gasteiger partial charge >= 0.3 is 0 Å². The Morgan fingerprint density at radius 1 is 1.05 bits per heavy atom. The maximum atomic E-state index is 4.44. The van der Waals surface area contributed by atoms with Gasteiger partial charge in [-0.05, 0) is 11.5 Å². The van der Waals surface area contributed by atoms with Gasteiger partial charge in [-0.2, -0.15) is 9.61 Å². The number of hydrogen-bond donors (Lipinski definition) is 0. The van der Waals surface area contributed by atoms with Crippen molar-refractivity contribution >= 4 is 27.8 Å². The maximum Gasteiger partial charge on any atom is 0.235 e. The zero-order chi connectivity index (χ0) is 12.7. The summed E-state index contributed by atoms with van der Waals surface area (Å²) in [4.78, 5) is 8.90. The SMILES string of the molecule is c1cnc(-c2nnc3sc(-c4csnn4)nn23)cn1. The molecule has 4 heterocycles. The van der Waals surface area contributed by atoms with Crippen molar-refractivity contribution in [1.29, 1.82) is 0 Å². The largest absolute Gasteiger partial charge is 0.261 e. The molecule has 0 radical (unpaired) electrons. The molecule has 0 atom stereocenters. The van der Waals surface area contributed by atoms with Gasteiger partial charge in [0.25, 0.3) is 0 Å². The van der Waals surface area contributed by atoms with Gasteiger partial charge in [-0.25, -0.2) is 4.98 Å². The number of aromatic nitrogens is 8. The molecule has 0 fully saturated rings. The van der Waals surface area contributed by atoms with E-state index in [1.54, 1.807) is 23.1 Å². The number of hydrogen-bond acceptors (Lipinski definition) is 9. The quantitative estimate of drug-likeness (QED) is 0.546. The highest BCUT2D eigenvalue weighted by Crippen LogP contribution is 2.26. The normalized spacial score (nSPS) is 11.2. The molecule has 0 aromatic carbocycles. The molecule has 0 bridgehead atoms. The summed E-state index contributed by atoms with van der Waals surface area (Å²) in [5.74, 6) is 0.564. The highest BCUT2D eigenvalue weighted by molar-refractivity contribution is 7.20. The van der Waals surface area contributed by atoms with Gasteiger partial charge in [0.15, 0.2) is 5.01 Å². The first-order valence-electron chi connectivity index (χ1n) is 5.18. The van der Waals surface area contributed by atoms with E-state index < -0.39 is 0 Å². The molecule has 10 heteroatoms. The molecule has 0 saturated carbocycles. The smallest absolute Gasteiger partial charge is 0.235 e. The topological polar surface area (TPSA) is 94.6 Å². The first-order chi connectivity index (χ1) is 9.42. The molecule has 0 amide bonds. The third-order valence-electron chi connectivity index (χ3n) is 2.36. The van der Waals surface area contributed by atoms with Crippen molar-refractivity contribution in [3.8, 4) is 22.2 Å². The van der Waals surface area contributed by atoms with Gasteiger partial charge in [-0.1, -0.05) is 15.8 Å². The molecule has 0 aliphatic heterocycles. The standard InChI is InChI=1S/C9H4N8S2/c1-2-11-5(3-10-1)7-13-14-9-17(7)15-8(19-9)6-4-18-16-12-6/h1-4H. The minimum Gasteiger partial charge on any atom is -0.261 e. The minimum absolute atomic E-state index is 0.564. The van der Waals surface area contributed by atoms with Crippen LogP contribution in [0.15, 0.2) is 24.0 Å². The molecule has 4 aromatic heterocycles. The van der Waals surface area contributed by atoms with Crippen LogP contribution in [0.1, 0.15) is 0 Å². The van der Waals surface area contributed by atoms with Crippen LogP contribution in [0.2, 0.25) is 0 Å². The summed E-state index contributed by atoms with van der Waals surface area (Å²) in [6.45, 7) is 0. The van der Waals surface area contributed by atoms with Crippen LogP contribution in [0.3, 0.4) is 0 Å². The van der Waals surface area contributed by atoms with Gasteiger partial charge in [-0.15, -0.1) is 15.3 Å². The van der Waals surface area contributed by atoms with Crippen LogP contribution >= 0.6 is 22.9 Å². The molecular weight excluding hydrogens is 284 g/mol. The van der Waals surface area contributed by atoms with Gasteiger partial charge in [0.2, 0.25) is 10.8 Å². The first-order valence-corrected chi connectivity index (χ1v) is 6.83. The van der Waals surface area contributed by atoms with Crippen LogP contribution in [0.4, 0.5) is 0 Å². The van der Waals surface area contributed by atoms with Gasteiger partial charge in [0.05, 0.1) is 6.20 Å². The molecule has 4 rings (SSSR count). The van der Waals surface area contributed by atoms with Gasteiger partial charge in [0, 0.05) is 17.8 Å². The number of rotatable bonds is 2.